The lowest BCUT2D eigenvalue weighted by Gasteiger charge is -2.12. The zero-order valence-corrected chi connectivity index (χ0v) is 11.8. The minimum atomic E-state index is -0.357. The molecular weight excluding hydrogens is 264 g/mol. The number of aryl methyl sites for hydroxylation is 1. The standard InChI is InChI=1S/C17H16N2O2/c1-11-8-14(15(9-18)17(20)19-11)13-4-2-3-5-16(13)21-10-12-6-7-12/h2-5,8,12H,6-7,10H2,1H3,(H,19,20). The van der Waals surface area contributed by atoms with Crippen LogP contribution in [0.2, 0.25) is 0 Å². The molecule has 0 amide bonds. The lowest BCUT2D eigenvalue weighted by Crippen LogP contribution is -2.13. The predicted octanol–water partition coefficient (Wildman–Crippen LogP) is 3.01. The first-order valence-electron chi connectivity index (χ1n) is 7.05. The van der Waals surface area contributed by atoms with E-state index in [9.17, 15) is 10.1 Å². The predicted molar refractivity (Wildman–Crippen MR) is 80.2 cm³/mol. The van der Waals surface area contributed by atoms with Crippen LogP contribution in [0.15, 0.2) is 35.1 Å². The SMILES string of the molecule is Cc1cc(-c2ccccc2OCC2CC2)c(C#N)c(=O)[nH]1. The summed E-state index contributed by atoms with van der Waals surface area (Å²) in [6.07, 6.45) is 2.44. The van der Waals surface area contributed by atoms with Crippen LogP contribution in [-0.4, -0.2) is 11.6 Å². The van der Waals surface area contributed by atoms with Crippen molar-refractivity contribution >= 4 is 0 Å². The number of hydrogen-bond donors (Lipinski definition) is 1. The van der Waals surface area contributed by atoms with Crippen molar-refractivity contribution in [2.75, 3.05) is 6.61 Å². The highest BCUT2D eigenvalue weighted by molar-refractivity contribution is 5.75. The number of rotatable bonds is 4. The number of nitrogens with one attached hydrogen (secondary N) is 1. The van der Waals surface area contributed by atoms with Crippen LogP contribution < -0.4 is 10.3 Å². The monoisotopic (exact) mass is 280 g/mol. The van der Waals surface area contributed by atoms with Crippen molar-refractivity contribution in [1.29, 1.82) is 5.26 Å². The van der Waals surface area contributed by atoms with Gasteiger partial charge in [-0.05, 0) is 37.8 Å². The van der Waals surface area contributed by atoms with Gasteiger partial charge in [-0.15, -0.1) is 0 Å². The molecule has 0 unspecified atom stereocenters. The van der Waals surface area contributed by atoms with Crippen molar-refractivity contribution in [1.82, 2.24) is 4.98 Å². The molecule has 3 rings (SSSR count). The Balaban J connectivity index is 2.07. The summed E-state index contributed by atoms with van der Waals surface area (Å²) < 4.78 is 5.87. The van der Waals surface area contributed by atoms with E-state index in [-0.39, 0.29) is 11.1 Å². The molecule has 4 heteroatoms. The number of aromatic nitrogens is 1. The summed E-state index contributed by atoms with van der Waals surface area (Å²) in [7, 11) is 0. The van der Waals surface area contributed by atoms with Crippen molar-refractivity contribution in [3.05, 3.63) is 51.9 Å². The fourth-order valence-corrected chi connectivity index (χ4v) is 2.32. The maximum Gasteiger partial charge on any atom is 0.266 e. The number of pyridine rings is 1. The Kier molecular flexibility index (Phi) is 3.49. The van der Waals surface area contributed by atoms with Crippen LogP contribution in [0.25, 0.3) is 11.1 Å². The summed E-state index contributed by atoms with van der Waals surface area (Å²) in [4.78, 5) is 14.6. The third-order valence-electron chi connectivity index (χ3n) is 3.63. The van der Waals surface area contributed by atoms with Crippen LogP contribution in [0.5, 0.6) is 5.75 Å². The highest BCUT2D eigenvalue weighted by Gasteiger charge is 2.23. The van der Waals surface area contributed by atoms with Crippen LogP contribution >= 0.6 is 0 Å². The Labute approximate surface area is 123 Å². The molecule has 4 nitrogen and oxygen atoms in total. The Bertz CT molecular complexity index is 767. The second kappa shape index (κ2) is 5.45. The molecule has 1 aromatic heterocycles. The van der Waals surface area contributed by atoms with Gasteiger partial charge >= 0.3 is 0 Å². The van der Waals surface area contributed by atoms with E-state index in [0.717, 1.165) is 17.0 Å². The van der Waals surface area contributed by atoms with E-state index in [1.54, 1.807) is 6.92 Å². The number of benzene rings is 1. The van der Waals surface area contributed by atoms with E-state index < -0.39 is 0 Å². The van der Waals surface area contributed by atoms with E-state index in [0.29, 0.717) is 18.1 Å². The molecule has 0 aliphatic heterocycles. The zero-order chi connectivity index (χ0) is 14.8. The number of para-hydroxylation sites is 1. The molecule has 2 aromatic rings. The van der Waals surface area contributed by atoms with Crippen LogP contribution in [0.4, 0.5) is 0 Å². The Morgan fingerprint density at radius 3 is 2.81 bits per heavy atom. The van der Waals surface area contributed by atoms with Gasteiger partial charge in [-0.1, -0.05) is 18.2 Å². The van der Waals surface area contributed by atoms with E-state index in [2.05, 4.69) is 4.98 Å². The number of H-pyrrole nitrogens is 1. The third kappa shape index (κ3) is 2.82. The van der Waals surface area contributed by atoms with E-state index in [1.165, 1.54) is 12.8 Å². The molecular formula is C17H16N2O2. The largest absolute Gasteiger partial charge is 0.493 e. The molecule has 1 aliphatic rings. The lowest BCUT2D eigenvalue weighted by molar-refractivity contribution is 0.301. The normalized spacial score (nSPS) is 13.7. The second-order valence-corrected chi connectivity index (χ2v) is 5.43. The van der Waals surface area contributed by atoms with E-state index >= 15 is 0 Å². The van der Waals surface area contributed by atoms with Gasteiger partial charge in [0.05, 0.1) is 6.61 Å². The first-order valence-corrected chi connectivity index (χ1v) is 7.05. The molecule has 0 bridgehead atoms. The summed E-state index contributed by atoms with van der Waals surface area (Å²) in [5, 5.41) is 9.26. The average Bonchev–Trinajstić information content (AvgIpc) is 3.29. The molecule has 21 heavy (non-hydrogen) atoms. The number of hydrogen-bond acceptors (Lipinski definition) is 3. The van der Waals surface area contributed by atoms with Gasteiger partial charge < -0.3 is 9.72 Å². The van der Waals surface area contributed by atoms with Crippen LogP contribution in [0.1, 0.15) is 24.1 Å². The number of nitriles is 1. The number of ether oxygens (including phenoxy) is 1. The maximum absolute atomic E-state index is 11.9. The molecule has 0 saturated heterocycles. The van der Waals surface area contributed by atoms with Crippen molar-refractivity contribution in [2.45, 2.75) is 19.8 Å². The minimum Gasteiger partial charge on any atom is -0.493 e. The van der Waals surface area contributed by atoms with Gasteiger partial charge in [0.25, 0.3) is 5.56 Å². The van der Waals surface area contributed by atoms with Gasteiger partial charge in [-0.25, -0.2) is 0 Å². The third-order valence-corrected chi connectivity index (χ3v) is 3.63. The van der Waals surface area contributed by atoms with Crippen molar-refractivity contribution in [2.24, 2.45) is 5.92 Å². The van der Waals surface area contributed by atoms with Crippen molar-refractivity contribution < 1.29 is 4.74 Å². The molecule has 1 aliphatic carbocycles. The molecule has 0 atom stereocenters. The zero-order valence-electron chi connectivity index (χ0n) is 11.8. The molecule has 0 radical (unpaired) electrons. The Morgan fingerprint density at radius 2 is 2.10 bits per heavy atom. The first kappa shape index (κ1) is 13.4. The fourth-order valence-electron chi connectivity index (χ4n) is 2.32. The fraction of sp³-hybridized carbons (Fsp3) is 0.294. The van der Waals surface area contributed by atoms with Gasteiger partial charge in [0.2, 0.25) is 0 Å². The van der Waals surface area contributed by atoms with Gasteiger partial charge in [-0.3, -0.25) is 4.79 Å². The van der Waals surface area contributed by atoms with E-state index in [4.69, 9.17) is 4.74 Å². The van der Waals surface area contributed by atoms with Crippen LogP contribution in [-0.2, 0) is 0 Å². The van der Waals surface area contributed by atoms with Gasteiger partial charge in [0, 0.05) is 16.8 Å². The quantitative estimate of drug-likeness (QED) is 0.936. The van der Waals surface area contributed by atoms with Gasteiger partial charge in [0.1, 0.15) is 17.4 Å². The number of nitrogens with zero attached hydrogens (tertiary/aromatic N) is 1. The molecule has 1 aromatic carbocycles. The van der Waals surface area contributed by atoms with Gasteiger partial charge in [-0.2, -0.15) is 5.26 Å². The van der Waals surface area contributed by atoms with Crippen molar-refractivity contribution in [3.8, 4) is 22.9 Å². The Hall–Kier alpha value is -2.54. The van der Waals surface area contributed by atoms with Crippen LogP contribution in [0.3, 0.4) is 0 Å². The highest BCUT2D eigenvalue weighted by atomic mass is 16.5. The molecule has 1 fully saturated rings. The molecule has 1 N–H and O–H groups in total. The Morgan fingerprint density at radius 1 is 1.33 bits per heavy atom. The first-order chi connectivity index (χ1) is 10.2. The highest BCUT2D eigenvalue weighted by Crippen LogP contribution is 2.34. The summed E-state index contributed by atoms with van der Waals surface area (Å²) >= 11 is 0. The molecule has 1 heterocycles. The number of aromatic amines is 1. The lowest BCUT2D eigenvalue weighted by atomic mass is 10.00. The maximum atomic E-state index is 11.9. The topological polar surface area (TPSA) is 65.9 Å². The molecule has 106 valence electrons. The second-order valence-electron chi connectivity index (χ2n) is 5.43. The summed E-state index contributed by atoms with van der Waals surface area (Å²) in [5.74, 6) is 1.38. The smallest absolute Gasteiger partial charge is 0.266 e. The van der Waals surface area contributed by atoms with Crippen LogP contribution in [0, 0.1) is 24.2 Å². The average molecular weight is 280 g/mol. The summed E-state index contributed by atoms with van der Waals surface area (Å²) in [5.41, 5.74) is 1.92. The molecule has 1 saturated carbocycles. The molecule has 0 spiro atoms. The summed E-state index contributed by atoms with van der Waals surface area (Å²) in [6.45, 7) is 2.50. The summed E-state index contributed by atoms with van der Waals surface area (Å²) in [6, 6.07) is 11.4. The van der Waals surface area contributed by atoms with Crippen molar-refractivity contribution in [3.63, 3.8) is 0 Å². The van der Waals surface area contributed by atoms with E-state index in [1.807, 2.05) is 36.4 Å². The minimum absolute atomic E-state index is 0.128. The van der Waals surface area contributed by atoms with Gasteiger partial charge in [0.15, 0.2) is 0 Å².